The molecule has 2 aromatic carbocycles. The summed E-state index contributed by atoms with van der Waals surface area (Å²) in [6.07, 6.45) is 2.63. The fourth-order valence-corrected chi connectivity index (χ4v) is 3.13. The Kier molecular flexibility index (Phi) is 6.25. The van der Waals surface area contributed by atoms with E-state index in [-0.39, 0.29) is 27.9 Å². The van der Waals surface area contributed by atoms with Crippen molar-refractivity contribution in [3.63, 3.8) is 0 Å². The van der Waals surface area contributed by atoms with E-state index in [1.54, 1.807) is 49.6 Å². The van der Waals surface area contributed by atoms with E-state index in [0.29, 0.717) is 17.3 Å². The van der Waals surface area contributed by atoms with Gasteiger partial charge in [-0.2, -0.15) is 9.78 Å². The van der Waals surface area contributed by atoms with E-state index in [9.17, 15) is 9.59 Å². The number of methoxy groups -OCH3 is 1. The molecule has 0 atom stereocenters. The third-order valence-corrected chi connectivity index (χ3v) is 5.22. The fraction of sp³-hybridized carbons (Fsp3) is 0.0909. The van der Waals surface area contributed by atoms with Gasteiger partial charge in [0.2, 0.25) is 5.89 Å². The summed E-state index contributed by atoms with van der Waals surface area (Å²) in [5.74, 6) is 0.420. The topological polar surface area (TPSA) is 96.5 Å². The van der Waals surface area contributed by atoms with E-state index in [0.717, 1.165) is 10.2 Å². The van der Waals surface area contributed by atoms with Gasteiger partial charge in [0, 0.05) is 5.56 Å². The molecule has 32 heavy (non-hydrogen) atoms. The van der Waals surface area contributed by atoms with Gasteiger partial charge < -0.3 is 13.9 Å². The molecule has 0 aliphatic carbocycles. The molecule has 10 heteroatoms. The van der Waals surface area contributed by atoms with Crippen molar-refractivity contribution < 1.29 is 18.7 Å². The van der Waals surface area contributed by atoms with Gasteiger partial charge in [0.15, 0.2) is 0 Å². The molecule has 0 amide bonds. The highest BCUT2D eigenvalue weighted by Crippen LogP contribution is 2.23. The Hall–Kier alpha value is -3.62. The van der Waals surface area contributed by atoms with Crippen molar-refractivity contribution in [2.75, 3.05) is 7.11 Å². The first-order valence-corrected chi connectivity index (χ1v) is 10.0. The van der Waals surface area contributed by atoms with Crippen molar-refractivity contribution in [2.24, 2.45) is 0 Å². The molecule has 0 radical (unpaired) electrons. The Labute approximate surface area is 191 Å². The number of carbonyl (C=O) groups excluding carboxylic acids is 1. The van der Waals surface area contributed by atoms with Crippen molar-refractivity contribution in [1.29, 1.82) is 0 Å². The molecule has 0 unspecified atom stereocenters. The van der Waals surface area contributed by atoms with Gasteiger partial charge in [-0.15, -0.1) is 0 Å². The lowest BCUT2D eigenvalue weighted by Crippen LogP contribution is -2.23. The van der Waals surface area contributed by atoms with Crippen LogP contribution in [0.15, 0.2) is 70.2 Å². The number of esters is 1. The summed E-state index contributed by atoms with van der Waals surface area (Å²) in [5.41, 5.74) is 0.852. The summed E-state index contributed by atoms with van der Waals surface area (Å²) in [6.45, 7) is -0.128. The van der Waals surface area contributed by atoms with Crippen LogP contribution in [-0.2, 0) is 11.3 Å². The van der Waals surface area contributed by atoms with Crippen LogP contribution in [0.3, 0.4) is 0 Å². The third kappa shape index (κ3) is 4.37. The normalized spacial score (nSPS) is 10.7. The summed E-state index contributed by atoms with van der Waals surface area (Å²) in [6, 6.07) is 13.5. The maximum atomic E-state index is 12.7. The molecule has 0 spiro atoms. The molecule has 4 rings (SSSR count). The monoisotopic (exact) mass is 471 g/mol. The van der Waals surface area contributed by atoms with Crippen molar-refractivity contribution in [3.8, 4) is 22.9 Å². The fourth-order valence-electron chi connectivity index (χ4n) is 2.87. The van der Waals surface area contributed by atoms with Gasteiger partial charge in [0.1, 0.15) is 29.3 Å². The van der Waals surface area contributed by atoms with Crippen LogP contribution in [0.4, 0.5) is 0 Å². The highest BCUT2D eigenvalue weighted by molar-refractivity contribution is 6.41. The zero-order valence-electron chi connectivity index (χ0n) is 16.6. The Morgan fingerprint density at radius 2 is 1.88 bits per heavy atom. The number of para-hydroxylation sites is 1. The summed E-state index contributed by atoms with van der Waals surface area (Å²) >= 11 is 11.8. The second-order valence-corrected chi connectivity index (χ2v) is 7.27. The van der Waals surface area contributed by atoms with Crippen LogP contribution in [0.25, 0.3) is 17.1 Å². The summed E-state index contributed by atoms with van der Waals surface area (Å²) in [7, 11) is 1.58. The van der Waals surface area contributed by atoms with Gasteiger partial charge in [-0.25, -0.2) is 9.78 Å². The predicted octanol–water partition coefficient (Wildman–Crippen LogP) is 4.56. The van der Waals surface area contributed by atoms with Crippen LogP contribution in [-0.4, -0.2) is 27.8 Å². The molecule has 2 heterocycles. The molecule has 0 bridgehead atoms. The maximum Gasteiger partial charge on any atom is 0.340 e. The molecule has 0 saturated carbocycles. The van der Waals surface area contributed by atoms with Crippen LogP contribution in [0.1, 0.15) is 16.1 Å². The number of aromatic nitrogens is 3. The molecule has 0 aliphatic heterocycles. The van der Waals surface area contributed by atoms with Gasteiger partial charge in [-0.05, 0) is 36.4 Å². The summed E-state index contributed by atoms with van der Waals surface area (Å²) < 4.78 is 17.0. The maximum absolute atomic E-state index is 12.7. The highest BCUT2D eigenvalue weighted by Gasteiger charge is 2.18. The summed E-state index contributed by atoms with van der Waals surface area (Å²) in [4.78, 5) is 29.5. The molecule has 0 N–H and O–H groups in total. The predicted molar refractivity (Wildman–Crippen MR) is 117 cm³/mol. The number of carbonyl (C=O) groups is 1. The van der Waals surface area contributed by atoms with Crippen molar-refractivity contribution in [1.82, 2.24) is 14.8 Å². The Balaban J connectivity index is 1.52. The molecule has 8 nitrogen and oxygen atoms in total. The van der Waals surface area contributed by atoms with Crippen LogP contribution >= 0.6 is 23.2 Å². The number of halogens is 2. The van der Waals surface area contributed by atoms with Crippen molar-refractivity contribution >= 4 is 29.2 Å². The van der Waals surface area contributed by atoms with E-state index in [4.69, 9.17) is 37.1 Å². The minimum absolute atomic E-state index is 0.0201. The van der Waals surface area contributed by atoms with Crippen molar-refractivity contribution in [3.05, 3.63) is 92.6 Å². The molecular formula is C22H15Cl2N3O5. The number of benzene rings is 2. The lowest BCUT2D eigenvalue weighted by Gasteiger charge is -2.10. The zero-order valence-corrected chi connectivity index (χ0v) is 18.1. The number of rotatable bonds is 6. The van der Waals surface area contributed by atoms with E-state index >= 15 is 0 Å². The van der Waals surface area contributed by atoms with E-state index < -0.39 is 11.5 Å². The quantitative estimate of drug-likeness (QED) is 0.380. The first-order valence-electron chi connectivity index (χ1n) is 9.26. The molecule has 0 aliphatic rings. The van der Waals surface area contributed by atoms with Gasteiger partial charge in [0.05, 0.1) is 29.6 Å². The van der Waals surface area contributed by atoms with Crippen LogP contribution in [0.2, 0.25) is 10.0 Å². The first kappa shape index (κ1) is 21.6. The SMILES string of the molecule is COc1ccc(-c2nc(COC(=O)c3ccccc3-n3ncc(Cl)c(Cl)c3=O)co2)cc1. The Morgan fingerprint density at radius 1 is 1.12 bits per heavy atom. The van der Waals surface area contributed by atoms with Crippen LogP contribution in [0, 0.1) is 0 Å². The van der Waals surface area contributed by atoms with Gasteiger partial charge in [0.25, 0.3) is 5.56 Å². The minimum Gasteiger partial charge on any atom is -0.497 e. The second-order valence-electron chi connectivity index (χ2n) is 6.49. The lowest BCUT2D eigenvalue weighted by atomic mass is 10.2. The average molecular weight is 472 g/mol. The number of ether oxygens (including phenoxy) is 2. The average Bonchev–Trinajstić information content (AvgIpc) is 3.30. The Morgan fingerprint density at radius 3 is 2.62 bits per heavy atom. The van der Waals surface area contributed by atoms with E-state index in [1.165, 1.54) is 18.5 Å². The number of oxazole rings is 1. The molecule has 2 aromatic heterocycles. The van der Waals surface area contributed by atoms with E-state index in [2.05, 4.69) is 10.1 Å². The number of hydrogen-bond acceptors (Lipinski definition) is 7. The first-order chi connectivity index (χ1) is 15.5. The smallest absolute Gasteiger partial charge is 0.340 e. The van der Waals surface area contributed by atoms with Gasteiger partial charge in [-0.3, -0.25) is 4.79 Å². The lowest BCUT2D eigenvalue weighted by molar-refractivity contribution is 0.0467. The van der Waals surface area contributed by atoms with E-state index in [1.807, 2.05) is 0 Å². The largest absolute Gasteiger partial charge is 0.497 e. The Bertz CT molecular complexity index is 1330. The third-order valence-electron chi connectivity index (χ3n) is 4.47. The summed E-state index contributed by atoms with van der Waals surface area (Å²) in [5, 5.41) is 3.79. The molecule has 0 fully saturated rings. The molecule has 0 saturated heterocycles. The number of hydrogen-bond donors (Lipinski definition) is 0. The second kappa shape index (κ2) is 9.25. The van der Waals surface area contributed by atoms with Crippen molar-refractivity contribution in [2.45, 2.75) is 6.61 Å². The molecular weight excluding hydrogens is 457 g/mol. The molecule has 162 valence electrons. The van der Waals surface area contributed by atoms with Gasteiger partial charge in [-0.1, -0.05) is 35.3 Å². The van der Waals surface area contributed by atoms with Crippen LogP contribution in [0.5, 0.6) is 5.75 Å². The van der Waals surface area contributed by atoms with Gasteiger partial charge >= 0.3 is 5.97 Å². The molecule has 4 aromatic rings. The minimum atomic E-state index is -0.672. The van der Waals surface area contributed by atoms with Crippen LogP contribution < -0.4 is 10.3 Å². The standard InChI is InChI=1S/C22H15Cl2N3O5/c1-30-15-8-6-13(7-9-15)20-26-14(11-31-20)12-32-22(29)16-4-2-3-5-18(16)27-21(28)19(24)17(23)10-25-27/h2-11H,12H2,1H3. The highest BCUT2D eigenvalue weighted by atomic mass is 35.5. The number of nitrogens with zero attached hydrogens (tertiary/aromatic N) is 3. The zero-order chi connectivity index (χ0) is 22.7.